The minimum atomic E-state index is -0.0301. The Hall–Kier alpha value is -1.31. The lowest BCUT2D eigenvalue weighted by Gasteiger charge is -2.25. The third-order valence-electron chi connectivity index (χ3n) is 4.31. The van der Waals surface area contributed by atoms with Crippen LogP contribution in [0.5, 0.6) is 0 Å². The number of rotatable bonds is 3. The Morgan fingerprint density at radius 3 is 2.20 bits per heavy atom. The Balaban J connectivity index is 1.86. The standard InChI is InChI=1S/C18H20ClN/c1-12(20)17-10-9-16(11-18(17)19)15-7-5-14(6-8-15)13-3-2-4-13/h5-13H,2-4,20H2,1H3. The maximum Gasteiger partial charge on any atom is 0.0459 e. The van der Waals surface area contributed by atoms with E-state index in [4.69, 9.17) is 17.3 Å². The van der Waals surface area contributed by atoms with Crippen LogP contribution in [0.4, 0.5) is 0 Å². The van der Waals surface area contributed by atoms with Crippen molar-refractivity contribution in [3.8, 4) is 11.1 Å². The smallest absolute Gasteiger partial charge is 0.0459 e. The van der Waals surface area contributed by atoms with Gasteiger partial charge in [0.15, 0.2) is 0 Å². The fourth-order valence-corrected chi connectivity index (χ4v) is 3.12. The molecule has 1 unspecified atom stereocenters. The second-order valence-corrected chi connectivity index (χ2v) is 6.18. The third kappa shape index (κ3) is 2.61. The van der Waals surface area contributed by atoms with E-state index in [-0.39, 0.29) is 6.04 Å². The molecule has 0 spiro atoms. The van der Waals surface area contributed by atoms with Gasteiger partial charge in [-0.15, -0.1) is 0 Å². The summed E-state index contributed by atoms with van der Waals surface area (Å²) in [6, 6.07) is 15.0. The van der Waals surface area contributed by atoms with Crippen LogP contribution in [0.15, 0.2) is 42.5 Å². The third-order valence-corrected chi connectivity index (χ3v) is 4.64. The first-order chi connectivity index (χ1) is 9.65. The summed E-state index contributed by atoms with van der Waals surface area (Å²) in [7, 11) is 0. The Labute approximate surface area is 125 Å². The summed E-state index contributed by atoms with van der Waals surface area (Å²) < 4.78 is 0. The van der Waals surface area contributed by atoms with Gasteiger partial charge in [-0.3, -0.25) is 0 Å². The topological polar surface area (TPSA) is 26.0 Å². The van der Waals surface area contributed by atoms with Crippen molar-refractivity contribution >= 4 is 11.6 Å². The van der Waals surface area contributed by atoms with Crippen LogP contribution in [0, 0.1) is 0 Å². The number of halogens is 1. The molecule has 1 nitrogen and oxygen atoms in total. The van der Waals surface area contributed by atoms with Gasteiger partial charge in [0.25, 0.3) is 0 Å². The summed E-state index contributed by atoms with van der Waals surface area (Å²) in [5.41, 5.74) is 10.7. The molecular formula is C18H20ClN. The quantitative estimate of drug-likeness (QED) is 0.814. The molecule has 20 heavy (non-hydrogen) atoms. The van der Waals surface area contributed by atoms with Gasteiger partial charge in [-0.1, -0.05) is 54.4 Å². The molecule has 104 valence electrons. The van der Waals surface area contributed by atoms with Crippen molar-refractivity contribution in [2.45, 2.75) is 38.1 Å². The molecule has 2 aromatic carbocycles. The van der Waals surface area contributed by atoms with Gasteiger partial charge in [0, 0.05) is 11.1 Å². The van der Waals surface area contributed by atoms with E-state index in [9.17, 15) is 0 Å². The fraction of sp³-hybridized carbons (Fsp3) is 0.333. The zero-order valence-electron chi connectivity index (χ0n) is 11.8. The predicted molar refractivity (Wildman–Crippen MR) is 86.1 cm³/mol. The lowest BCUT2D eigenvalue weighted by molar-refractivity contribution is 0.420. The molecule has 0 heterocycles. The molecule has 1 saturated carbocycles. The number of benzene rings is 2. The average molecular weight is 286 g/mol. The van der Waals surface area contributed by atoms with E-state index in [1.807, 2.05) is 19.1 Å². The van der Waals surface area contributed by atoms with E-state index in [0.717, 1.165) is 22.1 Å². The number of hydrogen-bond acceptors (Lipinski definition) is 1. The molecule has 1 fully saturated rings. The SMILES string of the molecule is CC(N)c1ccc(-c2ccc(C3CCC3)cc2)cc1Cl. The molecule has 1 aliphatic rings. The summed E-state index contributed by atoms with van der Waals surface area (Å²) in [4.78, 5) is 0. The summed E-state index contributed by atoms with van der Waals surface area (Å²) in [6.45, 7) is 1.95. The van der Waals surface area contributed by atoms with Crippen LogP contribution in [-0.4, -0.2) is 0 Å². The Morgan fingerprint density at radius 2 is 1.70 bits per heavy atom. The van der Waals surface area contributed by atoms with Gasteiger partial charge < -0.3 is 5.73 Å². The second-order valence-electron chi connectivity index (χ2n) is 5.77. The van der Waals surface area contributed by atoms with E-state index >= 15 is 0 Å². The highest BCUT2D eigenvalue weighted by Gasteiger charge is 2.19. The van der Waals surface area contributed by atoms with E-state index < -0.39 is 0 Å². The van der Waals surface area contributed by atoms with Gasteiger partial charge in [0.1, 0.15) is 0 Å². The lowest BCUT2D eigenvalue weighted by atomic mass is 9.80. The highest BCUT2D eigenvalue weighted by molar-refractivity contribution is 6.31. The van der Waals surface area contributed by atoms with E-state index in [0.29, 0.717) is 0 Å². The first kappa shape index (κ1) is 13.7. The Bertz CT molecular complexity index is 597. The molecule has 0 radical (unpaired) electrons. The zero-order valence-corrected chi connectivity index (χ0v) is 12.5. The summed E-state index contributed by atoms with van der Waals surface area (Å²) in [5, 5.41) is 0.751. The second kappa shape index (κ2) is 5.59. The minimum Gasteiger partial charge on any atom is -0.324 e. The van der Waals surface area contributed by atoms with Crippen LogP contribution in [0.1, 0.15) is 49.3 Å². The zero-order chi connectivity index (χ0) is 14.1. The van der Waals surface area contributed by atoms with Crippen LogP contribution in [-0.2, 0) is 0 Å². The summed E-state index contributed by atoms with van der Waals surface area (Å²) in [5.74, 6) is 0.785. The van der Waals surface area contributed by atoms with Gasteiger partial charge >= 0.3 is 0 Å². The molecule has 0 bridgehead atoms. The highest BCUT2D eigenvalue weighted by atomic mass is 35.5. The molecule has 0 aromatic heterocycles. The van der Waals surface area contributed by atoms with Gasteiger partial charge in [0.2, 0.25) is 0 Å². The Kier molecular flexibility index (Phi) is 3.82. The predicted octanol–water partition coefficient (Wildman–Crippen LogP) is 5.29. The van der Waals surface area contributed by atoms with Crippen LogP contribution < -0.4 is 5.73 Å². The monoisotopic (exact) mass is 285 g/mol. The largest absolute Gasteiger partial charge is 0.324 e. The van der Waals surface area contributed by atoms with E-state index in [2.05, 4.69) is 30.3 Å². The molecule has 1 atom stereocenters. The number of nitrogens with two attached hydrogens (primary N) is 1. The summed E-state index contributed by atoms with van der Waals surface area (Å²) >= 11 is 6.31. The molecule has 2 N–H and O–H groups in total. The molecule has 3 rings (SSSR count). The molecular weight excluding hydrogens is 266 g/mol. The fourth-order valence-electron chi connectivity index (χ4n) is 2.77. The molecule has 0 saturated heterocycles. The minimum absolute atomic E-state index is 0.0301. The molecule has 0 amide bonds. The molecule has 2 aromatic rings. The average Bonchev–Trinajstić information content (AvgIpc) is 2.37. The summed E-state index contributed by atoms with van der Waals surface area (Å²) in [6.07, 6.45) is 4.06. The van der Waals surface area contributed by atoms with E-state index in [1.54, 1.807) is 0 Å². The van der Waals surface area contributed by atoms with Crippen molar-refractivity contribution in [3.05, 3.63) is 58.6 Å². The van der Waals surface area contributed by atoms with Crippen LogP contribution >= 0.6 is 11.6 Å². The molecule has 1 aliphatic carbocycles. The van der Waals surface area contributed by atoms with Crippen molar-refractivity contribution in [2.75, 3.05) is 0 Å². The van der Waals surface area contributed by atoms with Crippen LogP contribution in [0.3, 0.4) is 0 Å². The van der Waals surface area contributed by atoms with Crippen molar-refractivity contribution in [3.63, 3.8) is 0 Å². The molecule has 0 aliphatic heterocycles. The van der Waals surface area contributed by atoms with Crippen molar-refractivity contribution in [1.82, 2.24) is 0 Å². The van der Waals surface area contributed by atoms with Gasteiger partial charge in [-0.05, 0) is 54.0 Å². The Morgan fingerprint density at radius 1 is 1.05 bits per heavy atom. The van der Waals surface area contributed by atoms with Crippen LogP contribution in [0.2, 0.25) is 5.02 Å². The van der Waals surface area contributed by atoms with Crippen molar-refractivity contribution in [1.29, 1.82) is 0 Å². The van der Waals surface area contributed by atoms with Gasteiger partial charge in [-0.2, -0.15) is 0 Å². The number of hydrogen-bond donors (Lipinski definition) is 1. The molecule has 2 heteroatoms. The first-order valence-electron chi connectivity index (χ1n) is 7.30. The van der Waals surface area contributed by atoms with Gasteiger partial charge in [0.05, 0.1) is 0 Å². The van der Waals surface area contributed by atoms with Crippen LogP contribution in [0.25, 0.3) is 11.1 Å². The normalized spacial score (nSPS) is 16.8. The maximum atomic E-state index is 6.31. The highest BCUT2D eigenvalue weighted by Crippen LogP contribution is 2.37. The lowest BCUT2D eigenvalue weighted by Crippen LogP contribution is -2.08. The maximum absolute atomic E-state index is 6.31. The van der Waals surface area contributed by atoms with E-state index in [1.165, 1.54) is 30.4 Å². The van der Waals surface area contributed by atoms with Crippen molar-refractivity contribution < 1.29 is 0 Å². The van der Waals surface area contributed by atoms with Crippen molar-refractivity contribution in [2.24, 2.45) is 5.73 Å². The van der Waals surface area contributed by atoms with Gasteiger partial charge in [-0.25, -0.2) is 0 Å². The first-order valence-corrected chi connectivity index (χ1v) is 7.68.